The molecule has 1 saturated carbocycles. The van der Waals surface area contributed by atoms with Gasteiger partial charge in [0, 0.05) is 6.04 Å². The van der Waals surface area contributed by atoms with Gasteiger partial charge in [0.15, 0.2) is 17.3 Å². The van der Waals surface area contributed by atoms with E-state index in [-0.39, 0.29) is 18.6 Å². The number of hydrogen-bond acceptors (Lipinski definition) is 4. The van der Waals surface area contributed by atoms with Crippen molar-refractivity contribution in [2.24, 2.45) is 0 Å². The van der Waals surface area contributed by atoms with Gasteiger partial charge in [-0.2, -0.15) is 0 Å². The SMILES string of the molecule is COc1ccccc1OCc1ccc(C(=O)NC2CCCCCC2)o1. The van der Waals surface area contributed by atoms with E-state index in [1.54, 1.807) is 19.2 Å². The molecule has 1 fully saturated rings. The highest BCUT2D eigenvalue weighted by Crippen LogP contribution is 2.27. The Morgan fingerprint density at radius 2 is 1.80 bits per heavy atom. The predicted octanol–water partition coefficient (Wildman–Crippen LogP) is 4.32. The first-order valence-electron chi connectivity index (χ1n) is 8.91. The summed E-state index contributed by atoms with van der Waals surface area (Å²) < 4.78 is 16.6. The summed E-state index contributed by atoms with van der Waals surface area (Å²) in [6, 6.07) is 11.2. The fourth-order valence-electron chi connectivity index (χ4n) is 3.14. The number of amides is 1. The minimum Gasteiger partial charge on any atom is -0.493 e. The van der Waals surface area contributed by atoms with Gasteiger partial charge in [-0.15, -0.1) is 0 Å². The Hall–Kier alpha value is -2.43. The predicted molar refractivity (Wildman–Crippen MR) is 95.0 cm³/mol. The Bertz CT molecular complexity index is 687. The molecule has 0 saturated heterocycles. The molecule has 1 aromatic heterocycles. The van der Waals surface area contributed by atoms with Crippen molar-refractivity contribution in [1.29, 1.82) is 0 Å². The van der Waals surface area contributed by atoms with Gasteiger partial charge in [0.25, 0.3) is 5.91 Å². The third kappa shape index (κ3) is 4.78. The van der Waals surface area contributed by atoms with Crippen LogP contribution in [0.5, 0.6) is 11.5 Å². The number of methoxy groups -OCH3 is 1. The van der Waals surface area contributed by atoms with Gasteiger partial charge >= 0.3 is 0 Å². The lowest BCUT2D eigenvalue weighted by Crippen LogP contribution is -2.34. The average molecular weight is 343 g/mol. The van der Waals surface area contributed by atoms with Crippen molar-refractivity contribution >= 4 is 5.91 Å². The van der Waals surface area contributed by atoms with Crippen LogP contribution in [0.3, 0.4) is 0 Å². The van der Waals surface area contributed by atoms with E-state index < -0.39 is 0 Å². The normalized spacial score (nSPS) is 15.4. The van der Waals surface area contributed by atoms with Crippen LogP contribution in [0.15, 0.2) is 40.8 Å². The Balaban J connectivity index is 1.55. The first-order valence-corrected chi connectivity index (χ1v) is 8.91. The van der Waals surface area contributed by atoms with Gasteiger partial charge in [0.1, 0.15) is 12.4 Å². The van der Waals surface area contributed by atoms with Gasteiger partial charge in [-0.1, -0.05) is 37.8 Å². The maximum Gasteiger partial charge on any atom is 0.287 e. The van der Waals surface area contributed by atoms with Crippen molar-refractivity contribution < 1.29 is 18.7 Å². The third-order valence-electron chi connectivity index (χ3n) is 4.51. The summed E-state index contributed by atoms with van der Waals surface area (Å²) in [6.07, 6.45) is 6.99. The summed E-state index contributed by atoms with van der Waals surface area (Å²) in [4.78, 5) is 12.3. The molecular formula is C20H25NO4. The lowest BCUT2D eigenvalue weighted by molar-refractivity contribution is 0.0901. The zero-order chi connectivity index (χ0) is 17.5. The summed E-state index contributed by atoms with van der Waals surface area (Å²) in [7, 11) is 1.60. The molecule has 1 N–H and O–H groups in total. The molecule has 0 atom stereocenters. The summed E-state index contributed by atoms with van der Waals surface area (Å²) in [5, 5.41) is 3.09. The number of rotatable bonds is 6. The molecule has 1 aliphatic carbocycles. The second-order valence-electron chi connectivity index (χ2n) is 6.37. The Labute approximate surface area is 148 Å². The quantitative estimate of drug-likeness (QED) is 0.794. The molecule has 25 heavy (non-hydrogen) atoms. The van der Waals surface area contributed by atoms with Gasteiger partial charge in [0.2, 0.25) is 0 Å². The highest BCUT2D eigenvalue weighted by molar-refractivity contribution is 5.91. The van der Waals surface area contributed by atoms with Crippen LogP contribution in [0.2, 0.25) is 0 Å². The average Bonchev–Trinajstić information content (AvgIpc) is 2.97. The molecule has 1 amide bonds. The zero-order valence-corrected chi connectivity index (χ0v) is 14.6. The molecular weight excluding hydrogens is 318 g/mol. The van der Waals surface area contributed by atoms with Crippen molar-refractivity contribution in [1.82, 2.24) is 5.32 Å². The second kappa shape index (κ2) is 8.60. The molecule has 5 nitrogen and oxygen atoms in total. The van der Waals surface area contributed by atoms with E-state index in [1.807, 2.05) is 24.3 Å². The van der Waals surface area contributed by atoms with Gasteiger partial charge in [-0.25, -0.2) is 0 Å². The topological polar surface area (TPSA) is 60.7 Å². The molecule has 0 spiro atoms. The van der Waals surface area contributed by atoms with E-state index in [9.17, 15) is 4.79 Å². The van der Waals surface area contributed by atoms with Gasteiger partial charge in [-0.3, -0.25) is 4.79 Å². The first-order chi connectivity index (χ1) is 12.3. The van der Waals surface area contributed by atoms with Gasteiger partial charge in [0.05, 0.1) is 7.11 Å². The van der Waals surface area contributed by atoms with E-state index >= 15 is 0 Å². The molecule has 1 aromatic carbocycles. The largest absolute Gasteiger partial charge is 0.493 e. The van der Waals surface area contributed by atoms with Crippen LogP contribution in [-0.2, 0) is 6.61 Å². The van der Waals surface area contributed by atoms with Gasteiger partial charge in [-0.05, 0) is 37.1 Å². The van der Waals surface area contributed by atoms with Crippen LogP contribution >= 0.6 is 0 Å². The molecule has 0 radical (unpaired) electrons. The zero-order valence-electron chi connectivity index (χ0n) is 14.6. The molecule has 3 rings (SSSR count). The minimum atomic E-state index is -0.143. The van der Waals surface area contributed by atoms with Crippen molar-refractivity contribution in [3.05, 3.63) is 47.9 Å². The first kappa shape index (κ1) is 17.4. The van der Waals surface area contributed by atoms with Crippen LogP contribution < -0.4 is 14.8 Å². The standard InChI is InChI=1S/C20H25NO4/c1-23-17-10-6-7-11-18(17)24-14-16-12-13-19(25-16)20(22)21-15-8-4-2-3-5-9-15/h6-7,10-13,15H,2-5,8-9,14H2,1H3,(H,21,22). The fourth-order valence-corrected chi connectivity index (χ4v) is 3.14. The molecule has 2 aromatic rings. The summed E-state index contributed by atoms with van der Waals surface area (Å²) >= 11 is 0. The van der Waals surface area contributed by atoms with Crippen molar-refractivity contribution in [2.75, 3.05) is 7.11 Å². The Morgan fingerprint density at radius 1 is 1.08 bits per heavy atom. The number of carbonyl (C=O) groups excluding carboxylic acids is 1. The molecule has 1 heterocycles. The summed E-state index contributed by atoms with van der Waals surface area (Å²) in [5.74, 6) is 2.11. The number of carbonyl (C=O) groups is 1. The monoisotopic (exact) mass is 343 g/mol. The maximum atomic E-state index is 12.3. The van der Waals surface area contributed by atoms with Crippen LogP contribution in [0.25, 0.3) is 0 Å². The number of ether oxygens (including phenoxy) is 2. The van der Waals surface area contributed by atoms with Gasteiger partial charge < -0.3 is 19.2 Å². The Morgan fingerprint density at radius 3 is 2.52 bits per heavy atom. The molecule has 1 aliphatic rings. The summed E-state index contributed by atoms with van der Waals surface area (Å²) in [5.41, 5.74) is 0. The number of nitrogens with one attached hydrogen (secondary N) is 1. The highest BCUT2D eigenvalue weighted by atomic mass is 16.5. The number of furan rings is 1. The molecule has 5 heteroatoms. The van der Waals surface area contributed by atoms with Crippen LogP contribution in [-0.4, -0.2) is 19.1 Å². The number of hydrogen-bond donors (Lipinski definition) is 1. The lowest BCUT2D eigenvalue weighted by atomic mass is 10.1. The molecule has 134 valence electrons. The smallest absolute Gasteiger partial charge is 0.287 e. The van der Waals surface area contributed by atoms with Crippen molar-refractivity contribution in [3.63, 3.8) is 0 Å². The number of benzene rings is 1. The van der Waals surface area contributed by atoms with E-state index in [1.165, 1.54) is 25.7 Å². The summed E-state index contributed by atoms with van der Waals surface area (Å²) in [6.45, 7) is 0.247. The lowest BCUT2D eigenvalue weighted by Gasteiger charge is -2.15. The van der Waals surface area contributed by atoms with Crippen LogP contribution in [0.1, 0.15) is 54.8 Å². The molecule has 0 bridgehead atoms. The van der Waals surface area contributed by atoms with E-state index in [0.29, 0.717) is 23.0 Å². The van der Waals surface area contributed by atoms with E-state index in [2.05, 4.69) is 5.32 Å². The van der Waals surface area contributed by atoms with Crippen LogP contribution in [0.4, 0.5) is 0 Å². The third-order valence-corrected chi connectivity index (χ3v) is 4.51. The Kier molecular flexibility index (Phi) is 5.99. The van der Waals surface area contributed by atoms with E-state index in [0.717, 1.165) is 12.8 Å². The maximum absolute atomic E-state index is 12.3. The van der Waals surface area contributed by atoms with Crippen molar-refractivity contribution in [2.45, 2.75) is 51.2 Å². The van der Waals surface area contributed by atoms with Crippen LogP contribution in [0, 0.1) is 0 Å². The van der Waals surface area contributed by atoms with Crippen molar-refractivity contribution in [3.8, 4) is 11.5 Å². The number of para-hydroxylation sites is 2. The second-order valence-corrected chi connectivity index (χ2v) is 6.37. The molecule has 0 aliphatic heterocycles. The van der Waals surface area contributed by atoms with E-state index in [4.69, 9.17) is 13.9 Å². The highest BCUT2D eigenvalue weighted by Gasteiger charge is 2.18. The minimum absolute atomic E-state index is 0.143. The fraction of sp³-hybridized carbons (Fsp3) is 0.450. The molecule has 0 unspecified atom stereocenters.